The molecule has 0 atom stereocenters. The molecule has 1 fully saturated rings. The SMILES string of the molecule is NC(=O)COCCNc1nnc(CNC2CC2)o1. The lowest BCUT2D eigenvalue weighted by Gasteiger charge is -2.01. The number of anilines is 1. The molecule has 8 heteroatoms. The Balaban J connectivity index is 1.58. The van der Waals surface area contributed by atoms with Crippen LogP contribution in [-0.2, 0) is 16.1 Å². The zero-order valence-corrected chi connectivity index (χ0v) is 10.0. The lowest BCUT2D eigenvalue weighted by molar-refractivity contribution is -0.122. The number of nitrogens with two attached hydrogens (primary N) is 1. The number of rotatable bonds is 9. The van der Waals surface area contributed by atoms with E-state index in [1.807, 2.05) is 0 Å². The summed E-state index contributed by atoms with van der Waals surface area (Å²) < 4.78 is 10.3. The van der Waals surface area contributed by atoms with Crippen LogP contribution in [0.5, 0.6) is 0 Å². The van der Waals surface area contributed by atoms with Crippen molar-refractivity contribution < 1.29 is 13.9 Å². The van der Waals surface area contributed by atoms with Crippen molar-refractivity contribution in [3.05, 3.63) is 5.89 Å². The number of carbonyl (C=O) groups is 1. The Labute approximate surface area is 104 Å². The fourth-order valence-electron chi connectivity index (χ4n) is 1.32. The first-order valence-electron chi connectivity index (χ1n) is 5.89. The zero-order chi connectivity index (χ0) is 12.8. The maximum absolute atomic E-state index is 10.4. The lowest BCUT2D eigenvalue weighted by atomic mass is 10.6. The Kier molecular flexibility index (Phi) is 4.48. The molecule has 0 saturated heterocycles. The Morgan fingerprint density at radius 3 is 3.06 bits per heavy atom. The van der Waals surface area contributed by atoms with Crippen molar-refractivity contribution in [1.29, 1.82) is 0 Å². The Morgan fingerprint density at radius 1 is 1.50 bits per heavy atom. The van der Waals surface area contributed by atoms with Crippen LogP contribution in [0, 0.1) is 0 Å². The average molecular weight is 255 g/mol. The second-order valence-corrected chi connectivity index (χ2v) is 4.10. The van der Waals surface area contributed by atoms with Gasteiger partial charge in [0, 0.05) is 12.6 Å². The highest BCUT2D eigenvalue weighted by Crippen LogP contribution is 2.19. The van der Waals surface area contributed by atoms with E-state index in [-0.39, 0.29) is 6.61 Å². The second-order valence-electron chi connectivity index (χ2n) is 4.10. The summed E-state index contributed by atoms with van der Waals surface area (Å²) in [6, 6.07) is 0.959. The highest BCUT2D eigenvalue weighted by atomic mass is 16.5. The number of amides is 1. The third-order valence-corrected chi connectivity index (χ3v) is 2.35. The topological polar surface area (TPSA) is 115 Å². The molecule has 18 heavy (non-hydrogen) atoms. The van der Waals surface area contributed by atoms with Crippen LogP contribution in [0.4, 0.5) is 6.01 Å². The molecule has 1 aliphatic carbocycles. The van der Waals surface area contributed by atoms with Crippen molar-refractivity contribution in [3.8, 4) is 0 Å². The largest absolute Gasteiger partial charge is 0.407 e. The van der Waals surface area contributed by atoms with Crippen LogP contribution in [0.2, 0.25) is 0 Å². The van der Waals surface area contributed by atoms with Crippen LogP contribution < -0.4 is 16.4 Å². The van der Waals surface area contributed by atoms with E-state index in [1.54, 1.807) is 0 Å². The molecule has 8 nitrogen and oxygen atoms in total. The number of primary amides is 1. The smallest absolute Gasteiger partial charge is 0.315 e. The molecule has 1 aromatic rings. The van der Waals surface area contributed by atoms with E-state index in [2.05, 4.69) is 20.8 Å². The van der Waals surface area contributed by atoms with Crippen molar-refractivity contribution in [2.45, 2.75) is 25.4 Å². The molecule has 1 aromatic heterocycles. The summed E-state index contributed by atoms with van der Waals surface area (Å²) in [7, 11) is 0. The Hall–Kier alpha value is -1.67. The highest BCUT2D eigenvalue weighted by molar-refractivity contribution is 5.74. The predicted octanol–water partition coefficient (Wildman–Crippen LogP) is -0.765. The highest BCUT2D eigenvalue weighted by Gasteiger charge is 2.21. The monoisotopic (exact) mass is 255 g/mol. The molecule has 0 radical (unpaired) electrons. The molecule has 1 aliphatic rings. The summed E-state index contributed by atoms with van der Waals surface area (Å²) in [5.74, 6) is 0.0729. The van der Waals surface area contributed by atoms with Gasteiger partial charge in [-0.05, 0) is 12.8 Å². The first-order chi connectivity index (χ1) is 8.74. The van der Waals surface area contributed by atoms with Crippen molar-refractivity contribution in [1.82, 2.24) is 15.5 Å². The van der Waals surface area contributed by atoms with Gasteiger partial charge in [-0.2, -0.15) is 0 Å². The number of hydrogen-bond acceptors (Lipinski definition) is 7. The molecule has 0 bridgehead atoms. The lowest BCUT2D eigenvalue weighted by Crippen LogP contribution is -2.20. The molecule has 2 rings (SSSR count). The minimum Gasteiger partial charge on any atom is -0.407 e. The van der Waals surface area contributed by atoms with Gasteiger partial charge in [-0.3, -0.25) is 4.79 Å². The Morgan fingerprint density at radius 2 is 2.33 bits per heavy atom. The van der Waals surface area contributed by atoms with Gasteiger partial charge in [0.2, 0.25) is 11.8 Å². The first-order valence-corrected chi connectivity index (χ1v) is 5.89. The molecule has 4 N–H and O–H groups in total. The quantitative estimate of drug-likeness (QED) is 0.496. The minimum atomic E-state index is -0.485. The molecule has 100 valence electrons. The van der Waals surface area contributed by atoms with Crippen molar-refractivity contribution in [3.63, 3.8) is 0 Å². The van der Waals surface area contributed by atoms with Crippen molar-refractivity contribution in [2.75, 3.05) is 25.1 Å². The summed E-state index contributed by atoms with van der Waals surface area (Å²) in [5, 5.41) is 13.9. The maximum Gasteiger partial charge on any atom is 0.315 e. The standard InChI is InChI=1S/C10H17N5O3/c11-8(16)6-17-4-3-12-10-15-14-9(18-10)5-13-7-1-2-7/h7,13H,1-6H2,(H2,11,16)(H,12,15). The van der Waals surface area contributed by atoms with Crippen LogP contribution in [0.15, 0.2) is 4.42 Å². The van der Waals surface area contributed by atoms with Gasteiger partial charge in [-0.15, -0.1) is 5.10 Å². The summed E-state index contributed by atoms with van der Waals surface area (Å²) in [6.45, 7) is 1.34. The maximum atomic E-state index is 10.4. The van der Waals surface area contributed by atoms with Crippen LogP contribution >= 0.6 is 0 Å². The molecule has 0 unspecified atom stereocenters. The number of hydrogen-bond donors (Lipinski definition) is 3. The molecule has 0 spiro atoms. The summed E-state index contributed by atoms with van der Waals surface area (Å²) in [5.41, 5.74) is 4.92. The fourth-order valence-corrected chi connectivity index (χ4v) is 1.32. The van der Waals surface area contributed by atoms with Gasteiger partial charge < -0.3 is 25.5 Å². The number of ether oxygens (including phenoxy) is 1. The first kappa shape index (κ1) is 12.8. The van der Waals surface area contributed by atoms with Gasteiger partial charge in [-0.1, -0.05) is 5.10 Å². The van der Waals surface area contributed by atoms with Crippen LogP contribution in [0.1, 0.15) is 18.7 Å². The number of carbonyl (C=O) groups excluding carboxylic acids is 1. The predicted molar refractivity (Wildman–Crippen MR) is 62.7 cm³/mol. The van der Waals surface area contributed by atoms with E-state index in [0.717, 1.165) is 0 Å². The van der Waals surface area contributed by atoms with Gasteiger partial charge >= 0.3 is 6.01 Å². The van der Waals surface area contributed by atoms with Crippen LogP contribution in [-0.4, -0.2) is 41.9 Å². The second kappa shape index (κ2) is 6.31. The number of nitrogens with zero attached hydrogens (tertiary/aromatic N) is 2. The van der Waals surface area contributed by atoms with E-state index in [1.165, 1.54) is 12.8 Å². The van der Waals surface area contributed by atoms with Gasteiger partial charge in [0.25, 0.3) is 0 Å². The van der Waals surface area contributed by atoms with E-state index in [0.29, 0.717) is 37.6 Å². The zero-order valence-electron chi connectivity index (χ0n) is 10.0. The Bertz CT molecular complexity index is 391. The van der Waals surface area contributed by atoms with E-state index in [4.69, 9.17) is 14.9 Å². The van der Waals surface area contributed by atoms with Crippen LogP contribution in [0.25, 0.3) is 0 Å². The van der Waals surface area contributed by atoms with Crippen molar-refractivity contribution >= 4 is 11.9 Å². The average Bonchev–Trinajstić information content (AvgIpc) is 3.06. The van der Waals surface area contributed by atoms with Crippen molar-refractivity contribution in [2.24, 2.45) is 5.73 Å². The van der Waals surface area contributed by atoms with E-state index >= 15 is 0 Å². The normalized spacial score (nSPS) is 14.7. The fraction of sp³-hybridized carbons (Fsp3) is 0.700. The molecule has 1 heterocycles. The number of aromatic nitrogens is 2. The van der Waals surface area contributed by atoms with Gasteiger partial charge in [0.05, 0.1) is 13.2 Å². The summed E-state index contributed by atoms with van der Waals surface area (Å²) in [4.78, 5) is 10.4. The van der Waals surface area contributed by atoms with Gasteiger partial charge in [0.1, 0.15) is 6.61 Å². The minimum absolute atomic E-state index is 0.0813. The van der Waals surface area contributed by atoms with Gasteiger partial charge in [-0.25, -0.2) is 0 Å². The van der Waals surface area contributed by atoms with E-state index in [9.17, 15) is 4.79 Å². The molecule has 0 aromatic carbocycles. The molecule has 1 amide bonds. The third kappa shape index (κ3) is 4.68. The number of nitrogens with one attached hydrogen (secondary N) is 2. The molecule has 1 saturated carbocycles. The summed E-state index contributed by atoms with van der Waals surface area (Å²) >= 11 is 0. The van der Waals surface area contributed by atoms with E-state index < -0.39 is 5.91 Å². The third-order valence-electron chi connectivity index (χ3n) is 2.35. The molecule has 0 aliphatic heterocycles. The summed E-state index contributed by atoms with van der Waals surface area (Å²) in [6.07, 6.45) is 2.44. The van der Waals surface area contributed by atoms with Crippen LogP contribution in [0.3, 0.4) is 0 Å². The molecular weight excluding hydrogens is 238 g/mol. The molecular formula is C10H17N5O3. The van der Waals surface area contributed by atoms with Gasteiger partial charge in [0.15, 0.2) is 0 Å².